The molecule has 0 aliphatic carbocycles. The van der Waals surface area contributed by atoms with Crippen molar-refractivity contribution in [1.82, 2.24) is 16.1 Å². The van der Waals surface area contributed by atoms with Gasteiger partial charge in [0.25, 0.3) is 5.91 Å². The SMILES string of the molecule is CNC(=O)C(NC(=O)C(CC(C)C)C(O)C(=O)NO)C(C)C. The molecule has 0 rings (SSSR count). The van der Waals surface area contributed by atoms with Crippen LogP contribution in [-0.4, -0.2) is 47.2 Å². The van der Waals surface area contributed by atoms with Crippen molar-refractivity contribution in [2.75, 3.05) is 7.05 Å². The molecule has 0 aliphatic heterocycles. The van der Waals surface area contributed by atoms with E-state index in [1.807, 2.05) is 13.8 Å². The third-order valence-corrected chi connectivity index (χ3v) is 3.32. The van der Waals surface area contributed by atoms with Crippen molar-refractivity contribution >= 4 is 17.7 Å². The van der Waals surface area contributed by atoms with E-state index in [1.165, 1.54) is 12.5 Å². The lowest BCUT2D eigenvalue weighted by atomic mass is 9.90. The van der Waals surface area contributed by atoms with Crippen molar-refractivity contribution in [3.63, 3.8) is 0 Å². The van der Waals surface area contributed by atoms with Gasteiger partial charge < -0.3 is 15.7 Å². The van der Waals surface area contributed by atoms with Crippen molar-refractivity contribution in [2.45, 2.75) is 46.3 Å². The molecule has 3 unspecified atom stereocenters. The predicted molar refractivity (Wildman–Crippen MR) is 79.7 cm³/mol. The van der Waals surface area contributed by atoms with Crippen molar-refractivity contribution in [3.8, 4) is 0 Å². The van der Waals surface area contributed by atoms with E-state index < -0.39 is 29.9 Å². The van der Waals surface area contributed by atoms with Crippen molar-refractivity contribution in [3.05, 3.63) is 0 Å². The molecule has 0 aromatic carbocycles. The molecule has 0 saturated carbocycles. The fourth-order valence-corrected chi connectivity index (χ4v) is 2.09. The quantitative estimate of drug-likeness (QED) is 0.302. The van der Waals surface area contributed by atoms with E-state index >= 15 is 0 Å². The van der Waals surface area contributed by atoms with Gasteiger partial charge in [-0.3, -0.25) is 19.6 Å². The summed E-state index contributed by atoms with van der Waals surface area (Å²) in [4.78, 5) is 35.5. The smallest absolute Gasteiger partial charge is 0.272 e. The van der Waals surface area contributed by atoms with E-state index in [1.54, 1.807) is 13.8 Å². The van der Waals surface area contributed by atoms with Crippen LogP contribution in [0.4, 0.5) is 0 Å². The zero-order valence-corrected chi connectivity index (χ0v) is 13.7. The molecule has 0 aromatic heterocycles. The van der Waals surface area contributed by atoms with E-state index in [9.17, 15) is 19.5 Å². The van der Waals surface area contributed by atoms with Gasteiger partial charge in [-0.15, -0.1) is 0 Å². The first kappa shape index (κ1) is 20.3. The van der Waals surface area contributed by atoms with Crippen LogP contribution in [0.15, 0.2) is 0 Å². The average Bonchev–Trinajstić information content (AvgIpc) is 2.46. The van der Waals surface area contributed by atoms with Crippen LogP contribution in [0.25, 0.3) is 0 Å². The highest BCUT2D eigenvalue weighted by Crippen LogP contribution is 2.17. The maximum Gasteiger partial charge on any atom is 0.272 e. The molecular formula is C14H27N3O5. The number of hydrogen-bond acceptors (Lipinski definition) is 5. The number of carbonyl (C=O) groups is 3. The van der Waals surface area contributed by atoms with E-state index in [0.29, 0.717) is 0 Å². The molecule has 0 aromatic rings. The molecule has 128 valence electrons. The van der Waals surface area contributed by atoms with Crippen LogP contribution >= 0.6 is 0 Å². The predicted octanol–water partition coefficient (Wildman–Crippen LogP) is -0.598. The number of aliphatic hydroxyl groups is 1. The summed E-state index contributed by atoms with van der Waals surface area (Å²) in [5.74, 6) is -3.19. The third-order valence-electron chi connectivity index (χ3n) is 3.32. The Hall–Kier alpha value is -1.67. The summed E-state index contributed by atoms with van der Waals surface area (Å²) < 4.78 is 0. The highest BCUT2D eigenvalue weighted by Gasteiger charge is 2.35. The molecular weight excluding hydrogens is 290 g/mol. The number of aliphatic hydroxyl groups excluding tert-OH is 1. The minimum Gasteiger partial charge on any atom is -0.382 e. The van der Waals surface area contributed by atoms with Crippen LogP contribution in [-0.2, 0) is 14.4 Å². The van der Waals surface area contributed by atoms with Crippen molar-refractivity contribution < 1.29 is 24.7 Å². The number of rotatable bonds is 8. The molecule has 0 fully saturated rings. The Morgan fingerprint density at radius 3 is 1.91 bits per heavy atom. The summed E-state index contributed by atoms with van der Waals surface area (Å²) in [6.45, 7) is 7.22. The third kappa shape index (κ3) is 5.98. The van der Waals surface area contributed by atoms with Gasteiger partial charge in [-0.25, -0.2) is 5.48 Å². The van der Waals surface area contributed by atoms with Gasteiger partial charge in [-0.1, -0.05) is 27.7 Å². The first-order chi connectivity index (χ1) is 10.1. The lowest BCUT2D eigenvalue weighted by molar-refractivity contribution is -0.147. The van der Waals surface area contributed by atoms with E-state index in [4.69, 9.17) is 5.21 Å². The number of hydrogen-bond donors (Lipinski definition) is 5. The molecule has 0 bridgehead atoms. The first-order valence-corrected chi connectivity index (χ1v) is 7.29. The molecule has 5 N–H and O–H groups in total. The number of amides is 3. The Labute approximate surface area is 130 Å². The molecule has 8 nitrogen and oxygen atoms in total. The minimum absolute atomic E-state index is 0.0365. The number of carbonyl (C=O) groups excluding carboxylic acids is 3. The Morgan fingerprint density at radius 1 is 1.00 bits per heavy atom. The van der Waals surface area contributed by atoms with Crippen LogP contribution in [0.3, 0.4) is 0 Å². The zero-order valence-electron chi connectivity index (χ0n) is 13.7. The Balaban J connectivity index is 5.17. The first-order valence-electron chi connectivity index (χ1n) is 7.29. The van der Waals surface area contributed by atoms with Gasteiger partial charge in [0.2, 0.25) is 11.8 Å². The van der Waals surface area contributed by atoms with E-state index in [-0.39, 0.29) is 24.2 Å². The molecule has 0 aliphatic rings. The van der Waals surface area contributed by atoms with Gasteiger partial charge in [0, 0.05) is 7.05 Å². The van der Waals surface area contributed by atoms with E-state index in [2.05, 4.69) is 10.6 Å². The highest BCUT2D eigenvalue weighted by atomic mass is 16.5. The van der Waals surface area contributed by atoms with Gasteiger partial charge in [0.1, 0.15) is 12.1 Å². The lowest BCUT2D eigenvalue weighted by Crippen LogP contribution is -2.53. The summed E-state index contributed by atoms with van der Waals surface area (Å²) in [6, 6.07) is -0.767. The minimum atomic E-state index is -1.69. The van der Waals surface area contributed by atoms with Gasteiger partial charge in [-0.05, 0) is 18.3 Å². The van der Waals surface area contributed by atoms with Crippen LogP contribution in [0.5, 0.6) is 0 Å². The molecule has 0 spiro atoms. The standard InChI is InChI=1S/C14H27N3O5/c1-7(2)6-9(11(18)14(21)17-22)12(19)16-10(8(3)4)13(20)15-5/h7-11,18,22H,6H2,1-5H3,(H,15,20)(H,16,19)(H,17,21). The van der Waals surface area contributed by atoms with Crippen molar-refractivity contribution in [2.24, 2.45) is 17.8 Å². The topological polar surface area (TPSA) is 128 Å². The fourth-order valence-electron chi connectivity index (χ4n) is 2.09. The Morgan fingerprint density at radius 2 is 1.55 bits per heavy atom. The van der Waals surface area contributed by atoms with Gasteiger partial charge in [-0.2, -0.15) is 0 Å². The molecule has 0 saturated heterocycles. The van der Waals surface area contributed by atoms with Gasteiger partial charge in [0.05, 0.1) is 5.92 Å². The average molecular weight is 317 g/mol. The monoisotopic (exact) mass is 317 g/mol. The van der Waals surface area contributed by atoms with Crippen LogP contribution in [0.1, 0.15) is 34.1 Å². The maximum atomic E-state index is 12.4. The molecule has 8 heteroatoms. The van der Waals surface area contributed by atoms with E-state index in [0.717, 1.165) is 0 Å². The largest absolute Gasteiger partial charge is 0.382 e. The summed E-state index contributed by atoms with van der Waals surface area (Å²) in [7, 11) is 1.46. The second kappa shape index (κ2) is 9.37. The van der Waals surface area contributed by atoms with Gasteiger partial charge >= 0.3 is 0 Å². The van der Waals surface area contributed by atoms with Gasteiger partial charge in [0.15, 0.2) is 0 Å². The molecule has 3 atom stereocenters. The molecule has 0 radical (unpaired) electrons. The Bertz CT molecular complexity index is 398. The van der Waals surface area contributed by atoms with Crippen molar-refractivity contribution in [1.29, 1.82) is 0 Å². The van der Waals surface area contributed by atoms with Crippen LogP contribution < -0.4 is 16.1 Å². The maximum absolute atomic E-state index is 12.4. The zero-order chi connectivity index (χ0) is 17.4. The highest BCUT2D eigenvalue weighted by molar-refractivity contribution is 5.92. The number of nitrogens with one attached hydrogen (secondary N) is 3. The molecule has 3 amide bonds. The summed E-state index contributed by atoms with van der Waals surface area (Å²) in [5.41, 5.74) is 1.34. The normalized spacial score (nSPS) is 15.1. The summed E-state index contributed by atoms with van der Waals surface area (Å²) in [5, 5.41) is 23.5. The number of likely N-dealkylation sites (N-methyl/N-ethyl adjacent to an activating group) is 1. The number of hydroxylamine groups is 1. The summed E-state index contributed by atoms with van der Waals surface area (Å²) in [6.07, 6.45) is -1.45. The summed E-state index contributed by atoms with van der Waals surface area (Å²) >= 11 is 0. The molecule has 22 heavy (non-hydrogen) atoms. The lowest BCUT2D eigenvalue weighted by Gasteiger charge is -2.26. The Kier molecular flexibility index (Phi) is 8.66. The second-order valence-corrected chi connectivity index (χ2v) is 6.00. The van der Waals surface area contributed by atoms with Crippen LogP contribution in [0.2, 0.25) is 0 Å². The fraction of sp³-hybridized carbons (Fsp3) is 0.786. The second-order valence-electron chi connectivity index (χ2n) is 6.00. The molecule has 0 heterocycles. The van der Waals surface area contributed by atoms with Crippen LogP contribution in [0, 0.1) is 17.8 Å².